The number of rotatable bonds is 5. The van der Waals surface area contributed by atoms with Gasteiger partial charge in [-0.2, -0.15) is 0 Å². The molecule has 2 heterocycles. The van der Waals surface area contributed by atoms with Gasteiger partial charge in [-0.3, -0.25) is 0 Å². The van der Waals surface area contributed by atoms with E-state index >= 15 is 0 Å². The van der Waals surface area contributed by atoms with Gasteiger partial charge in [0.1, 0.15) is 17.2 Å². The second-order valence-electron chi connectivity index (χ2n) is 5.52. The molecule has 0 spiro atoms. The summed E-state index contributed by atoms with van der Waals surface area (Å²) in [5.74, 6) is 1.49. The van der Waals surface area contributed by atoms with E-state index in [1.54, 1.807) is 25.6 Å². The summed E-state index contributed by atoms with van der Waals surface area (Å²) in [7, 11) is 3.29. The zero-order valence-corrected chi connectivity index (χ0v) is 16.3. The second-order valence-corrected chi connectivity index (χ2v) is 7.18. The standard InChI is InChI=1S/C17H18BrN3O2S/c1-9(2)19-17-21-12(8-24-17)11-7-14(23-4)10-5-6-13(22-3)15(18)16(10)20-11/h5-9H,1-4H3,(H,19,21). The van der Waals surface area contributed by atoms with Crippen molar-refractivity contribution in [3.05, 3.63) is 28.1 Å². The average molecular weight is 408 g/mol. The van der Waals surface area contributed by atoms with Crippen molar-refractivity contribution in [2.75, 3.05) is 19.5 Å². The van der Waals surface area contributed by atoms with E-state index in [2.05, 4.69) is 40.1 Å². The molecule has 0 unspecified atom stereocenters. The summed E-state index contributed by atoms with van der Waals surface area (Å²) in [6.45, 7) is 4.17. The molecule has 0 amide bonds. The summed E-state index contributed by atoms with van der Waals surface area (Å²) < 4.78 is 11.7. The predicted octanol–water partition coefficient (Wildman–Crippen LogP) is 4.96. The van der Waals surface area contributed by atoms with Gasteiger partial charge in [0.2, 0.25) is 0 Å². The number of methoxy groups -OCH3 is 2. The quantitative estimate of drug-likeness (QED) is 0.647. The van der Waals surface area contributed by atoms with Gasteiger partial charge in [-0.15, -0.1) is 11.3 Å². The van der Waals surface area contributed by atoms with Crippen LogP contribution >= 0.6 is 27.3 Å². The lowest BCUT2D eigenvalue weighted by Crippen LogP contribution is -2.09. The number of anilines is 1. The van der Waals surface area contributed by atoms with Gasteiger partial charge in [-0.1, -0.05) is 0 Å². The molecule has 2 aromatic heterocycles. The number of thiazole rings is 1. The molecule has 1 aromatic carbocycles. The molecule has 0 fully saturated rings. The van der Waals surface area contributed by atoms with E-state index in [0.717, 1.165) is 43.4 Å². The van der Waals surface area contributed by atoms with E-state index in [4.69, 9.17) is 14.5 Å². The molecule has 0 aliphatic heterocycles. The van der Waals surface area contributed by atoms with Gasteiger partial charge in [0.05, 0.1) is 29.9 Å². The Morgan fingerprint density at radius 2 is 1.83 bits per heavy atom. The van der Waals surface area contributed by atoms with Crippen molar-refractivity contribution in [1.82, 2.24) is 9.97 Å². The van der Waals surface area contributed by atoms with Gasteiger partial charge >= 0.3 is 0 Å². The molecule has 3 rings (SSSR count). The van der Waals surface area contributed by atoms with Crippen molar-refractivity contribution in [2.45, 2.75) is 19.9 Å². The normalized spacial score (nSPS) is 11.1. The molecule has 126 valence electrons. The molecular weight excluding hydrogens is 390 g/mol. The Hall–Kier alpha value is -1.86. The summed E-state index contributed by atoms with van der Waals surface area (Å²) in [4.78, 5) is 9.38. The second kappa shape index (κ2) is 6.94. The molecule has 0 aliphatic rings. The first-order valence-electron chi connectivity index (χ1n) is 7.47. The van der Waals surface area contributed by atoms with E-state index in [1.807, 2.05) is 23.6 Å². The van der Waals surface area contributed by atoms with E-state index in [1.165, 1.54) is 0 Å². The van der Waals surface area contributed by atoms with Crippen LogP contribution in [0, 0.1) is 0 Å². The Morgan fingerprint density at radius 3 is 2.50 bits per heavy atom. The van der Waals surface area contributed by atoms with Crippen LogP contribution in [0.5, 0.6) is 11.5 Å². The highest BCUT2D eigenvalue weighted by Gasteiger charge is 2.15. The van der Waals surface area contributed by atoms with E-state index in [9.17, 15) is 0 Å². The van der Waals surface area contributed by atoms with Crippen molar-refractivity contribution in [2.24, 2.45) is 0 Å². The van der Waals surface area contributed by atoms with E-state index in [-0.39, 0.29) is 0 Å². The van der Waals surface area contributed by atoms with Crippen molar-refractivity contribution in [3.8, 4) is 22.9 Å². The number of nitrogens with one attached hydrogen (secondary N) is 1. The Morgan fingerprint density at radius 1 is 1.08 bits per heavy atom. The lowest BCUT2D eigenvalue weighted by molar-refractivity contribution is 0.412. The number of fused-ring (bicyclic) bond motifs is 1. The molecule has 0 aliphatic carbocycles. The molecule has 1 N–H and O–H groups in total. The fourth-order valence-electron chi connectivity index (χ4n) is 2.37. The molecule has 0 saturated heterocycles. The van der Waals surface area contributed by atoms with Crippen molar-refractivity contribution in [3.63, 3.8) is 0 Å². The first kappa shape index (κ1) is 17.0. The van der Waals surface area contributed by atoms with Gasteiger partial charge in [0, 0.05) is 22.9 Å². The molecule has 7 heteroatoms. The maximum atomic E-state index is 5.55. The van der Waals surface area contributed by atoms with Gasteiger partial charge in [-0.05, 0) is 41.9 Å². The number of pyridine rings is 1. The Kier molecular flexibility index (Phi) is 4.91. The Balaban J connectivity index is 2.14. The molecule has 0 atom stereocenters. The zero-order chi connectivity index (χ0) is 17.3. The van der Waals surface area contributed by atoms with Crippen molar-refractivity contribution < 1.29 is 9.47 Å². The maximum absolute atomic E-state index is 5.55. The number of halogens is 1. The summed E-state index contributed by atoms with van der Waals surface area (Å²) in [5.41, 5.74) is 2.37. The van der Waals surface area contributed by atoms with Crippen LogP contribution in [0.3, 0.4) is 0 Å². The fraction of sp³-hybridized carbons (Fsp3) is 0.294. The van der Waals surface area contributed by atoms with Crippen LogP contribution in [-0.4, -0.2) is 30.2 Å². The fourth-order valence-corrected chi connectivity index (χ4v) is 3.82. The Bertz CT molecular complexity index is 880. The summed E-state index contributed by atoms with van der Waals surface area (Å²) in [5, 5.41) is 7.10. The number of hydrogen-bond acceptors (Lipinski definition) is 6. The SMILES string of the molecule is COc1ccc2c(OC)cc(-c3csc(NC(C)C)n3)nc2c1Br. The first-order valence-corrected chi connectivity index (χ1v) is 9.14. The lowest BCUT2D eigenvalue weighted by Gasteiger charge is -2.11. The molecule has 5 nitrogen and oxygen atoms in total. The minimum atomic E-state index is 0.335. The minimum Gasteiger partial charge on any atom is -0.496 e. The van der Waals surface area contributed by atoms with Crippen LogP contribution < -0.4 is 14.8 Å². The molecular formula is C17H18BrN3O2S. The molecule has 3 aromatic rings. The minimum absolute atomic E-state index is 0.335. The third-order valence-corrected chi connectivity index (χ3v) is 5.00. The third-order valence-electron chi connectivity index (χ3n) is 3.46. The van der Waals surface area contributed by atoms with Crippen molar-refractivity contribution >= 4 is 43.3 Å². The van der Waals surface area contributed by atoms with Crippen LogP contribution in [0.25, 0.3) is 22.3 Å². The molecule has 0 bridgehead atoms. The van der Waals surface area contributed by atoms with Gasteiger partial charge in [0.15, 0.2) is 5.13 Å². The summed E-state index contributed by atoms with van der Waals surface area (Å²) >= 11 is 5.14. The van der Waals surface area contributed by atoms with Crippen LogP contribution in [0.1, 0.15) is 13.8 Å². The number of aromatic nitrogens is 2. The highest BCUT2D eigenvalue weighted by molar-refractivity contribution is 9.10. The highest BCUT2D eigenvalue weighted by Crippen LogP contribution is 2.38. The van der Waals surface area contributed by atoms with Crippen LogP contribution in [0.4, 0.5) is 5.13 Å². The Labute approximate surface area is 153 Å². The molecule has 0 radical (unpaired) electrons. The van der Waals surface area contributed by atoms with E-state index in [0.29, 0.717) is 6.04 Å². The lowest BCUT2D eigenvalue weighted by atomic mass is 10.1. The summed E-state index contributed by atoms with van der Waals surface area (Å²) in [6.07, 6.45) is 0. The smallest absolute Gasteiger partial charge is 0.183 e. The largest absolute Gasteiger partial charge is 0.496 e. The number of hydrogen-bond donors (Lipinski definition) is 1. The van der Waals surface area contributed by atoms with Crippen LogP contribution in [0.2, 0.25) is 0 Å². The monoisotopic (exact) mass is 407 g/mol. The zero-order valence-electron chi connectivity index (χ0n) is 13.9. The molecule has 0 saturated carbocycles. The topological polar surface area (TPSA) is 56.3 Å². The number of nitrogens with zero attached hydrogens (tertiary/aromatic N) is 2. The maximum Gasteiger partial charge on any atom is 0.183 e. The predicted molar refractivity (Wildman–Crippen MR) is 102 cm³/mol. The average Bonchev–Trinajstić information content (AvgIpc) is 3.02. The number of ether oxygens (including phenoxy) is 2. The molecule has 24 heavy (non-hydrogen) atoms. The van der Waals surface area contributed by atoms with Crippen LogP contribution in [-0.2, 0) is 0 Å². The van der Waals surface area contributed by atoms with Gasteiger partial charge in [-0.25, -0.2) is 9.97 Å². The highest BCUT2D eigenvalue weighted by atomic mass is 79.9. The van der Waals surface area contributed by atoms with E-state index < -0.39 is 0 Å². The first-order chi connectivity index (χ1) is 11.5. The van der Waals surface area contributed by atoms with Crippen molar-refractivity contribution in [1.29, 1.82) is 0 Å². The van der Waals surface area contributed by atoms with Crippen LogP contribution in [0.15, 0.2) is 28.1 Å². The van der Waals surface area contributed by atoms with Gasteiger partial charge in [0.25, 0.3) is 0 Å². The number of benzene rings is 1. The van der Waals surface area contributed by atoms with Gasteiger partial charge < -0.3 is 14.8 Å². The third kappa shape index (κ3) is 3.18. The summed E-state index contributed by atoms with van der Waals surface area (Å²) in [6, 6.07) is 6.09.